The molecule has 3 nitrogen and oxygen atoms in total. The molecule has 2 heterocycles. The molecule has 0 unspecified atom stereocenters. The van der Waals surface area contributed by atoms with Crippen molar-refractivity contribution in [1.29, 1.82) is 0 Å². The lowest BCUT2D eigenvalue weighted by Crippen LogP contribution is -1.84. The third kappa shape index (κ3) is 3.01. The van der Waals surface area contributed by atoms with Gasteiger partial charge < -0.3 is 9.14 Å². The van der Waals surface area contributed by atoms with Crippen molar-refractivity contribution in [3.63, 3.8) is 0 Å². The van der Waals surface area contributed by atoms with Crippen molar-refractivity contribution in [3.05, 3.63) is 79.1 Å². The van der Waals surface area contributed by atoms with Crippen molar-refractivity contribution in [2.45, 2.75) is 9.79 Å². The molecule has 4 aromatic rings. The van der Waals surface area contributed by atoms with Gasteiger partial charge in [-0.2, -0.15) is 0 Å². The minimum atomic E-state index is 0.872. The van der Waals surface area contributed by atoms with Gasteiger partial charge in [0.15, 0.2) is 0 Å². The average molecular weight is 332 g/mol. The molecule has 0 saturated heterocycles. The molecule has 0 N–H and O–H groups in total. The zero-order valence-electron chi connectivity index (χ0n) is 13.2. The second-order valence-corrected chi connectivity index (χ2v) is 6.55. The summed E-state index contributed by atoms with van der Waals surface area (Å²) in [4.78, 5) is 7.04. The van der Waals surface area contributed by atoms with Crippen molar-refractivity contribution in [3.8, 4) is 17.0 Å². The number of rotatable bonds is 4. The number of pyridine rings is 1. The van der Waals surface area contributed by atoms with Crippen LogP contribution in [0.25, 0.3) is 16.9 Å². The summed E-state index contributed by atoms with van der Waals surface area (Å²) in [5.41, 5.74) is 3.07. The summed E-state index contributed by atoms with van der Waals surface area (Å²) in [6.07, 6.45) is 4.19. The highest BCUT2D eigenvalue weighted by Gasteiger charge is 2.05. The Labute approximate surface area is 144 Å². The van der Waals surface area contributed by atoms with Crippen LogP contribution < -0.4 is 4.74 Å². The van der Waals surface area contributed by atoms with E-state index in [-0.39, 0.29) is 0 Å². The van der Waals surface area contributed by atoms with Crippen molar-refractivity contribution >= 4 is 17.4 Å². The summed E-state index contributed by atoms with van der Waals surface area (Å²) in [7, 11) is 1.68. The lowest BCUT2D eigenvalue weighted by atomic mass is 10.2. The minimum Gasteiger partial charge on any atom is -0.497 e. The van der Waals surface area contributed by atoms with Crippen LogP contribution in [0.15, 0.2) is 88.9 Å². The Hall–Kier alpha value is -2.72. The van der Waals surface area contributed by atoms with Crippen LogP contribution in [-0.4, -0.2) is 16.5 Å². The molecule has 0 fully saturated rings. The molecule has 0 radical (unpaired) electrons. The molecular formula is C20H16N2OS. The number of nitrogens with zero attached hydrogens (tertiary/aromatic N) is 2. The van der Waals surface area contributed by atoms with Gasteiger partial charge in [-0.3, -0.25) is 0 Å². The van der Waals surface area contributed by atoms with Crippen LogP contribution >= 0.6 is 11.8 Å². The molecule has 118 valence electrons. The van der Waals surface area contributed by atoms with Gasteiger partial charge in [0, 0.05) is 27.7 Å². The van der Waals surface area contributed by atoms with Gasteiger partial charge in [-0.25, -0.2) is 4.98 Å². The van der Waals surface area contributed by atoms with Crippen LogP contribution in [0.1, 0.15) is 0 Å². The van der Waals surface area contributed by atoms with Gasteiger partial charge >= 0.3 is 0 Å². The topological polar surface area (TPSA) is 26.5 Å². The van der Waals surface area contributed by atoms with E-state index in [4.69, 9.17) is 9.72 Å². The fourth-order valence-electron chi connectivity index (χ4n) is 2.56. The quantitative estimate of drug-likeness (QED) is 0.516. The van der Waals surface area contributed by atoms with Crippen LogP contribution in [-0.2, 0) is 0 Å². The number of imidazole rings is 1. The molecule has 0 spiro atoms. The summed E-state index contributed by atoms with van der Waals surface area (Å²) in [5, 5.41) is 0. The molecular weight excluding hydrogens is 316 g/mol. The number of methoxy groups -OCH3 is 1. The van der Waals surface area contributed by atoms with Gasteiger partial charge in [0.05, 0.1) is 12.8 Å². The monoisotopic (exact) mass is 332 g/mol. The zero-order valence-corrected chi connectivity index (χ0v) is 14.0. The van der Waals surface area contributed by atoms with E-state index in [9.17, 15) is 0 Å². The number of benzene rings is 2. The first-order chi connectivity index (χ1) is 11.8. The van der Waals surface area contributed by atoms with E-state index in [1.54, 1.807) is 18.9 Å². The van der Waals surface area contributed by atoms with E-state index < -0.39 is 0 Å². The Balaban J connectivity index is 1.63. The summed E-state index contributed by atoms with van der Waals surface area (Å²) in [5.74, 6) is 0.872. The van der Waals surface area contributed by atoms with Crippen molar-refractivity contribution in [2.75, 3.05) is 7.11 Å². The first-order valence-corrected chi connectivity index (χ1v) is 8.49. The van der Waals surface area contributed by atoms with Gasteiger partial charge in [0.25, 0.3) is 0 Å². The fraction of sp³-hybridized carbons (Fsp3) is 0.0500. The zero-order chi connectivity index (χ0) is 16.4. The summed E-state index contributed by atoms with van der Waals surface area (Å²) < 4.78 is 7.28. The standard InChI is InChI=1S/C20H16N2OS/c1-23-16-7-9-17(10-8-16)24-18-11-12-20-21-19(14-22(20)13-18)15-5-3-2-4-6-15/h2-14H,1H3. The molecule has 2 aromatic heterocycles. The SMILES string of the molecule is COc1ccc(Sc2ccc3nc(-c4ccccc4)cn3c2)cc1. The maximum absolute atomic E-state index is 5.20. The first kappa shape index (κ1) is 14.8. The highest BCUT2D eigenvalue weighted by atomic mass is 32.2. The molecule has 0 atom stereocenters. The van der Waals surface area contributed by atoms with Crippen molar-refractivity contribution in [2.24, 2.45) is 0 Å². The number of aromatic nitrogens is 2. The lowest BCUT2D eigenvalue weighted by molar-refractivity contribution is 0.414. The van der Waals surface area contributed by atoms with E-state index in [1.807, 2.05) is 30.3 Å². The van der Waals surface area contributed by atoms with Crippen LogP contribution in [0.2, 0.25) is 0 Å². The lowest BCUT2D eigenvalue weighted by Gasteiger charge is -2.04. The fourth-order valence-corrected chi connectivity index (χ4v) is 3.41. The number of ether oxygens (including phenoxy) is 1. The number of fused-ring (bicyclic) bond motifs is 1. The Morgan fingerprint density at radius 1 is 0.833 bits per heavy atom. The van der Waals surface area contributed by atoms with Gasteiger partial charge in [-0.15, -0.1) is 0 Å². The normalized spacial score (nSPS) is 10.9. The Morgan fingerprint density at radius 2 is 1.58 bits per heavy atom. The predicted octanol–water partition coefficient (Wildman–Crippen LogP) is 5.16. The average Bonchev–Trinajstić information content (AvgIpc) is 3.06. The molecule has 4 heteroatoms. The third-order valence-electron chi connectivity index (χ3n) is 3.79. The first-order valence-electron chi connectivity index (χ1n) is 7.68. The van der Waals surface area contributed by atoms with Gasteiger partial charge in [0.2, 0.25) is 0 Å². The second-order valence-electron chi connectivity index (χ2n) is 5.40. The minimum absolute atomic E-state index is 0.872. The van der Waals surface area contributed by atoms with E-state index >= 15 is 0 Å². The van der Waals surface area contributed by atoms with E-state index in [0.29, 0.717) is 0 Å². The highest BCUT2D eigenvalue weighted by molar-refractivity contribution is 7.99. The molecule has 0 bridgehead atoms. The maximum atomic E-state index is 5.20. The molecule has 2 aromatic carbocycles. The third-order valence-corrected chi connectivity index (χ3v) is 4.77. The molecule has 24 heavy (non-hydrogen) atoms. The smallest absolute Gasteiger partial charge is 0.137 e. The van der Waals surface area contributed by atoms with Crippen molar-refractivity contribution < 1.29 is 4.74 Å². The Morgan fingerprint density at radius 3 is 2.33 bits per heavy atom. The maximum Gasteiger partial charge on any atom is 0.137 e. The van der Waals surface area contributed by atoms with Gasteiger partial charge in [-0.1, -0.05) is 42.1 Å². The Kier molecular flexibility index (Phi) is 3.97. The van der Waals surface area contributed by atoms with Gasteiger partial charge in [0.1, 0.15) is 11.4 Å². The summed E-state index contributed by atoms with van der Waals surface area (Å²) in [6.45, 7) is 0. The van der Waals surface area contributed by atoms with Crippen LogP contribution in [0.4, 0.5) is 0 Å². The second kappa shape index (κ2) is 6.42. The molecule has 0 aliphatic rings. The molecule has 4 rings (SSSR count). The largest absolute Gasteiger partial charge is 0.497 e. The predicted molar refractivity (Wildman–Crippen MR) is 97.7 cm³/mol. The highest BCUT2D eigenvalue weighted by Crippen LogP contribution is 2.29. The van der Waals surface area contributed by atoms with Crippen LogP contribution in [0, 0.1) is 0 Å². The number of hydrogen-bond donors (Lipinski definition) is 0. The molecule has 0 aliphatic heterocycles. The summed E-state index contributed by atoms with van der Waals surface area (Å²) in [6, 6.07) is 22.5. The summed E-state index contributed by atoms with van der Waals surface area (Å²) >= 11 is 1.72. The molecule has 0 aliphatic carbocycles. The van der Waals surface area contributed by atoms with E-state index in [0.717, 1.165) is 22.7 Å². The van der Waals surface area contributed by atoms with Crippen molar-refractivity contribution in [1.82, 2.24) is 9.38 Å². The van der Waals surface area contributed by atoms with Crippen LogP contribution in [0.5, 0.6) is 5.75 Å². The van der Waals surface area contributed by atoms with Crippen LogP contribution in [0.3, 0.4) is 0 Å². The van der Waals surface area contributed by atoms with E-state index in [1.165, 1.54) is 9.79 Å². The Bertz CT molecular complexity index is 962. The number of hydrogen-bond acceptors (Lipinski definition) is 3. The molecule has 0 amide bonds. The molecule has 0 saturated carbocycles. The van der Waals surface area contributed by atoms with E-state index in [2.05, 4.69) is 53.2 Å². The van der Waals surface area contributed by atoms with Gasteiger partial charge in [-0.05, 0) is 36.4 Å².